The summed E-state index contributed by atoms with van der Waals surface area (Å²) < 4.78 is 46.8. The number of carbonyl (C=O) groups excluding carboxylic acids is 1. The lowest BCUT2D eigenvalue weighted by atomic mass is 10.1. The normalized spacial score (nSPS) is 13.9. The Hall–Kier alpha value is -4.40. The van der Waals surface area contributed by atoms with Crippen molar-refractivity contribution >= 4 is 28.2 Å². The van der Waals surface area contributed by atoms with Crippen LogP contribution in [-0.4, -0.2) is 52.4 Å². The molecule has 3 aromatic heterocycles. The van der Waals surface area contributed by atoms with Crippen LogP contribution < -0.4 is 16.0 Å². The molecule has 0 atom stereocenters. The van der Waals surface area contributed by atoms with Crippen LogP contribution >= 0.6 is 0 Å². The summed E-state index contributed by atoms with van der Waals surface area (Å²) in [5, 5.41) is 9.99. The number of nitrogens with zero attached hydrogens (tertiary/aromatic N) is 3. The van der Waals surface area contributed by atoms with Crippen molar-refractivity contribution in [3.63, 3.8) is 0 Å². The van der Waals surface area contributed by atoms with Crippen molar-refractivity contribution in [3.05, 3.63) is 84.1 Å². The molecule has 0 radical (unpaired) electrons. The minimum atomic E-state index is -4.39. The average Bonchev–Trinajstić information content (AvgIpc) is 3.30. The number of pyridine rings is 2. The van der Waals surface area contributed by atoms with Gasteiger partial charge in [0.15, 0.2) is 0 Å². The van der Waals surface area contributed by atoms with Gasteiger partial charge in [0.2, 0.25) is 0 Å². The highest BCUT2D eigenvalue weighted by Crippen LogP contribution is 2.26. The number of anilines is 2. The summed E-state index contributed by atoms with van der Waals surface area (Å²) >= 11 is 0. The summed E-state index contributed by atoms with van der Waals surface area (Å²) in [6.45, 7) is 1.16. The van der Waals surface area contributed by atoms with Gasteiger partial charge in [0, 0.05) is 42.9 Å². The number of halogens is 3. The Morgan fingerprint density at radius 3 is 2.66 bits per heavy atom. The molecule has 1 fully saturated rings. The number of benzene rings is 1. The molecule has 0 spiro atoms. The van der Waals surface area contributed by atoms with Crippen LogP contribution in [0.1, 0.15) is 34.6 Å². The van der Waals surface area contributed by atoms with E-state index in [0.717, 1.165) is 31.6 Å². The highest BCUT2D eigenvalue weighted by molar-refractivity contribution is 6.02. The van der Waals surface area contributed by atoms with Gasteiger partial charge in [-0.15, -0.1) is 0 Å². The fraction of sp³-hybridized carbons (Fsp3) is 0.300. The molecule has 1 aliphatic rings. The van der Waals surface area contributed by atoms with E-state index in [-0.39, 0.29) is 23.8 Å². The number of amides is 1. The van der Waals surface area contributed by atoms with Crippen LogP contribution in [0.2, 0.25) is 0 Å². The van der Waals surface area contributed by atoms with Crippen molar-refractivity contribution in [2.24, 2.45) is 0 Å². The first-order valence-electron chi connectivity index (χ1n) is 13.2. The number of nitrogens with one attached hydrogen (secondary N) is 3. The predicted molar refractivity (Wildman–Crippen MR) is 150 cm³/mol. The third-order valence-corrected chi connectivity index (χ3v) is 6.63. The van der Waals surface area contributed by atoms with E-state index in [1.807, 2.05) is 12.1 Å². The summed E-state index contributed by atoms with van der Waals surface area (Å²) in [5.41, 5.74) is 3.18. The summed E-state index contributed by atoms with van der Waals surface area (Å²) in [6.07, 6.45) is 2.14. The van der Waals surface area contributed by atoms with Gasteiger partial charge in [-0.25, -0.2) is 4.98 Å². The molecule has 0 unspecified atom stereocenters. The Morgan fingerprint density at radius 2 is 1.93 bits per heavy atom. The number of fused-ring (bicyclic) bond motifs is 1. The number of aromatic nitrogens is 3. The molecule has 1 amide bonds. The highest BCUT2D eigenvalue weighted by atomic mass is 19.4. The van der Waals surface area contributed by atoms with E-state index in [1.54, 1.807) is 42.6 Å². The summed E-state index contributed by atoms with van der Waals surface area (Å²) in [5.74, 6) is 5.42. The Morgan fingerprint density at radius 1 is 1.07 bits per heavy atom. The summed E-state index contributed by atoms with van der Waals surface area (Å²) in [4.78, 5) is 20.5. The molecule has 0 saturated carbocycles. The first-order chi connectivity index (χ1) is 19.8. The molecule has 1 aromatic carbocycles. The Labute approximate surface area is 235 Å². The highest BCUT2D eigenvalue weighted by Gasteiger charge is 2.29. The van der Waals surface area contributed by atoms with Crippen LogP contribution in [0.3, 0.4) is 0 Å². The maximum absolute atomic E-state index is 13.4. The average molecular weight is 563 g/mol. The molecule has 1 saturated heterocycles. The van der Waals surface area contributed by atoms with Gasteiger partial charge >= 0.3 is 6.18 Å². The molecule has 212 valence electrons. The van der Waals surface area contributed by atoms with E-state index in [4.69, 9.17) is 4.74 Å². The zero-order valence-corrected chi connectivity index (χ0v) is 22.2. The van der Waals surface area contributed by atoms with Gasteiger partial charge in [-0.05, 0) is 66.8 Å². The first-order valence-corrected chi connectivity index (χ1v) is 13.2. The summed E-state index contributed by atoms with van der Waals surface area (Å²) in [7, 11) is 0. The lowest BCUT2D eigenvalue weighted by Crippen LogP contribution is -2.34. The van der Waals surface area contributed by atoms with Crippen LogP contribution in [0.25, 0.3) is 10.9 Å². The molecule has 0 aliphatic carbocycles. The standard InChI is InChI=1S/C30H29F3N6O2/c31-30(32,33)20-39-26(16-22-15-21(5-8-28(22)39)17-36-23-9-13-41-14-10-23)4-2-12-35-24-6-7-27(37-19-24)29(40)38-25-3-1-11-34-18-25/h1,3,5-8,11,15-16,18-19,23,35-36H,9-10,12-14,17,20H2,(H,38,40). The van der Waals surface area contributed by atoms with Crippen molar-refractivity contribution in [2.45, 2.75) is 38.1 Å². The number of ether oxygens (including phenoxy) is 1. The number of alkyl halides is 3. The second-order valence-corrected chi connectivity index (χ2v) is 9.67. The van der Waals surface area contributed by atoms with Crippen LogP contribution in [0.4, 0.5) is 24.5 Å². The molecular formula is C30H29F3N6O2. The van der Waals surface area contributed by atoms with E-state index in [2.05, 4.69) is 37.8 Å². The molecule has 0 bridgehead atoms. The van der Waals surface area contributed by atoms with Crippen LogP contribution in [-0.2, 0) is 17.8 Å². The number of hydrogen-bond donors (Lipinski definition) is 3. The predicted octanol–water partition coefficient (Wildman–Crippen LogP) is 4.98. The molecule has 41 heavy (non-hydrogen) atoms. The quantitative estimate of drug-likeness (QED) is 0.263. The van der Waals surface area contributed by atoms with Crippen molar-refractivity contribution in [1.29, 1.82) is 0 Å². The second-order valence-electron chi connectivity index (χ2n) is 9.67. The monoisotopic (exact) mass is 562 g/mol. The van der Waals surface area contributed by atoms with Crippen LogP contribution in [0, 0.1) is 11.8 Å². The largest absolute Gasteiger partial charge is 0.406 e. The molecule has 4 heterocycles. The van der Waals surface area contributed by atoms with Crippen molar-refractivity contribution < 1.29 is 22.7 Å². The molecular weight excluding hydrogens is 533 g/mol. The molecule has 1 aliphatic heterocycles. The number of carbonyl (C=O) groups is 1. The van der Waals surface area contributed by atoms with Gasteiger partial charge in [-0.3, -0.25) is 9.78 Å². The summed E-state index contributed by atoms with van der Waals surface area (Å²) in [6, 6.07) is 14.2. The topological polar surface area (TPSA) is 93.1 Å². The van der Waals surface area contributed by atoms with Crippen molar-refractivity contribution in [1.82, 2.24) is 19.9 Å². The molecule has 11 heteroatoms. The van der Waals surface area contributed by atoms with E-state index < -0.39 is 12.7 Å². The van der Waals surface area contributed by atoms with Gasteiger partial charge in [0.05, 0.1) is 36.0 Å². The number of rotatable bonds is 8. The fourth-order valence-corrected chi connectivity index (χ4v) is 4.59. The smallest absolute Gasteiger partial charge is 0.381 e. The van der Waals surface area contributed by atoms with Gasteiger partial charge in [-0.1, -0.05) is 12.0 Å². The van der Waals surface area contributed by atoms with Gasteiger partial charge in [0.25, 0.3) is 5.91 Å². The van der Waals surface area contributed by atoms with Crippen LogP contribution in [0.15, 0.2) is 67.1 Å². The maximum atomic E-state index is 13.4. The molecule has 3 N–H and O–H groups in total. The fourth-order valence-electron chi connectivity index (χ4n) is 4.59. The van der Waals surface area contributed by atoms with E-state index in [9.17, 15) is 18.0 Å². The molecule has 4 aromatic rings. The van der Waals surface area contributed by atoms with Crippen molar-refractivity contribution in [3.8, 4) is 11.8 Å². The Kier molecular flexibility index (Phi) is 8.82. The Bertz CT molecular complexity index is 1540. The zero-order chi connectivity index (χ0) is 28.7. The van der Waals surface area contributed by atoms with Gasteiger partial charge < -0.3 is 25.3 Å². The van der Waals surface area contributed by atoms with E-state index >= 15 is 0 Å². The third-order valence-electron chi connectivity index (χ3n) is 6.63. The third kappa shape index (κ3) is 7.84. The number of hydrogen-bond acceptors (Lipinski definition) is 6. The molecule has 8 nitrogen and oxygen atoms in total. The SMILES string of the molecule is O=C(Nc1cccnc1)c1ccc(NCC#Cc2cc3cc(CNC4CCOCC4)ccc3n2CC(F)(F)F)cn1. The first kappa shape index (κ1) is 28.1. The maximum Gasteiger partial charge on any atom is 0.406 e. The lowest BCUT2D eigenvalue weighted by Gasteiger charge is -2.23. The van der Waals surface area contributed by atoms with Crippen molar-refractivity contribution in [2.75, 3.05) is 30.4 Å². The lowest BCUT2D eigenvalue weighted by molar-refractivity contribution is -0.140. The zero-order valence-electron chi connectivity index (χ0n) is 22.2. The minimum absolute atomic E-state index is 0.177. The van der Waals surface area contributed by atoms with E-state index in [1.165, 1.54) is 17.0 Å². The Balaban J connectivity index is 1.24. The van der Waals surface area contributed by atoms with Gasteiger partial charge in [0.1, 0.15) is 12.2 Å². The van der Waals surface area contributed by atoms with Crippen LogP contribution in [0.5, 0.6) is 0 Å². The second kappa shape index (κ2) is 12.8. The minimum Gasteiger partial charge on any atom is -0.381 e. The van der Waals surface area contributed by atoms with Gasteiger partial charge in [-0.2, -0.15) is 13.2 Å². The molecule has 5 rings (SSSR count). The van der Waals surface area contributed by atoms with E-state index in [0.29, 0.717) is 34.9 Å².